The van der Waals surface area contributed by atoms with Crippen LogP contribution in [0.4, 0.5) is 11.4 Å². The highest BCUT2D eigenvalue weighted by Crippen LogP contribution is 2.25. The van der Waals surface area contributed by atoms with Gasteiger partial charge in [0, 0.05) is 30.9 Å². The molecule has 1 aliphatic rings. The molecule has 32 heavy (non-hydrogen) atoms. The third kappa shape index (κ3) is 5.68. The van der Waals surface area contributed by atoms with Crippen molar-refractivity contribution < 1.29 is 27.7 Å². The molecule has 2 aromatic carbocycles. The third-order valence-electron chi connectivity index (χ3n) is 5.15. The third-order valence-corrected chi connectivity index (χ3v) is 7.07. The number of rotatable bonds is 7. The van der Waals surface area contributed by atoms with Gasteiger partial charge in [0.2, 0.25) is 10.0 Å². The van der Waals surface area contributed by atoms with Crippen molar-refractivity contribution in [3.8, 4) is 0 Å². The van der Waals surface area contributed by atoms with Crippen LogP contribution in [0.15, 0.2) is 53.4 Å². The minimum atomic E-state index is -3.62. The van der Waals surface area contributed by atoms with E-state index in [0.717, 1.165) is 5.56 Å². The van der Waals surface area contributed by atoms with Gasteiger partial charge in [-0.3, -0.25) is 19.7 Å². The summed E-state index contributed by atoms with van der Waals surface area (Å²) in [7, 11) is -3.62. The summed E-state index contributed by atoms with van der Waals surface area (Å²) in [5, 5.41) is 13.1. The predicted molar refractivity (Wildman–Crippen MR) is 115 cm³/mol. The summed E-state index contributed by atoms with van der Waals surface area (Å²) in [5.41, 5.74) is 1.19. The number of nitro groups is 1. The van der Waals surface area contributed by atoms with Crippen LogP contribution in [0, 0.1) is 23.0 Å². The van der Waals surface area contributed by atoms with E-state index in [0.29, 0.717) is 18.5 Å². The van der Waals surface area contributed by atoms with E-state index in [1.165, 1.54) is 28.6 Å². The molecule has 0 aliphatic carbocycles. The summed E-state index contributed by atoms with van der Waals surface area (Å²) in [4.78, 5) is 34.6. The Morgan fingerprint density at radius 2 is 1.69 bits per heavy atom. The maximum atomic E-state index is 12.7. The molecule has 0 aromatic heterocycles. The first-order chi connectivity index (χ1) is 15.2. The van der Waals surface area contributed by atoms with E-state index >= 15 is 0 Å². The van der Waals surface area contributed by atoms with Crippen LogP contribution in [-0.4, -0.2) is 49.2 Å². The van der Waals surface area contributed by atoms with Gasteiger partial charge in [0.25, 0.3) is 11.6 Å². The van der Waals surface area contributed by atoms with Crippen molar-refractivity contribution in [1.29, 1.82) is 0 Å². The van der Waals surface area contributed by atoms with Gasteiger partial charge in [-0.15, -0.1) is 0 Å². The molecule has 0 atom stereocenters. The molecule has 0 saturated carbocycles. The summed E-state index contributed by atoms with van der Waals surface area (Å²) >= 11 is 0. The van der Waals surface area contributed by atoms with Gasteiger partial charge < -0.3 is 10.1 Å². The van der Waals surface area contributed by atoms with E-state index in [4.69, 9.17) is 4.74 Å². The molecule has 3 rings (SSSR count). The highest BCUT2D eigenvalue weighted by molar-refractivity contribution is 7.89. The predicted octanol–water partition coefficient (Wildman–Crippen LogP) is 2.49. The SMILES string of the molecule is Cc1ccc(S(=O)(=O)N2CCC(C(=O)OCC(=O)Nc3ccc([N+](=O)[O-])cc3)CC2)cc1. The minimum Gasteiger partial charge on any atom is -0.455 e. The number of carbonyl (C=O) groups excluding carboxylic acids is 2. The van der Waals surface area contributed by atoms with Crippen molar-refractivity contribution in [1.82, 2.24) is 4.31 Å². The molecule has 1 aliphatic heterocycles. The van der Waals surface area contributed by atoms with E-state index in [9.17, 15) is 28.1 Å². The number of sulfonamides is 1. The number of anilines is 1. The molecule has 1 N–H and O–H groups in total. The Labute approximate surface area is 185 Å². The van der Waals surface area contributed by atoms with Crippen molar-refractivity contribution in [2.45, 2.75) is 24.7 Å². The van der Waals surface area contributed by atoms with Crippen LogP contribution >= 0.6 is 0 Å². The normalized spacial score (nSPS) is 15.2. The van der Waals surface area contributed by atoms with Crippen molar-refractivity contribution >= 4 is 33.3 Å². The Morgan fingerprint density at radius 3 is 2.25 bits per heavy atom. The lowest BCUT2D eigenvalue weighted by Gasteiger charge is -2.30. The van der Waals surface area contributed by atoms with Crippen LogP contribution in [0.25, 0.3) is 0 Å². The Morgan fingerprint density at radius 1 is 1.09 bits per heavy atom. The summed E-state index contributed by atoms with van der Waals surface area (Å²) in [6.45, 7) is 1.74. The molecule has 1 fully saturated rings. The number of amides is 1. The molecular weight excluding hydrogens is 438 g/mol. The number of carbonyl (C=O) groups is 2. The van der Waals surface area contributed by atoms with Gasteiger partial charge in [0.05, 0.1) is 15.7 Å². The first-order valence-corrected chi connectivity index (χ1v) is 11.4. The number of nitrogens with zero attached hydrogens (tertiary/aromatic N) is 2. The second-order valence-electron chi connectivity index (χ2n) is 7.45. The first-order valence-electron chi connectivity index (χ1n) is 9.94. The average Bonchev–Trinajstić information content (AvgIpc) is 2.78. The average molecular weight is 461 g/mol. The van der Waals surface area contributed by atoms with Gasteiger partial charge in [-0.2, -0.15) is 4.31 Å². The molecule has 1 saturated heterocycles. The van der Waals surface area contributed by atoms with Crippen molar-refractivity contribution in [2.75, 3.05) is 25.0 Å². The van der Waals surface area contributed by atoms with Crippen LogP contribution < -0.4 is 5.32 Å². The van der Waals surface area contributed by atoms with Crippen LogP contribution in [0.3, 0.4) is 0 Å². The number of piperidine rings is 1. The minimum absolute atomic E-state index is 0.106. The molecule has 2 aromatic rings. The maximum Gasteiger partial charge on any atom is 0.309 e. The Hall–Kier alpha value is -3.31. The number of benzene rings is 2. The monoisotopic (exact) mass is 461 g/mol. The number of non-ortho nitro benzene ring substituents is 1. The highest BCUT2D eigenvalue weighted by Gasteiger charge is 2.33. The maximum absolute atomic E-state index is 12.7. The Kier molecular flexibility index (Phi) is 7.21. The van der Waals surface area contributed by atoms with E-state index in [1.54, 1.807) is 24.3 Å². The lowest BCUT2D eigenvalue weighted by atomic mass is 9.98. The first kappa shape index (κ1) is 23.4. The molecular formula is C21H23N3O7S. The zero-order valence-corrected chi connectivity index (χ0v) is 18.2. The fraction of sp³-hybridized carbons (Fsp3) is 0.333. The van der Waals surface area contributed by atoms with Crippen LogP contribution in [-0.2, 0) is 24.3 Å². The van der Waals surface area contributed by atoms with Crippen LogP contribution in [0.5, 0.6) is 0 Å². The Balaban J connectivity index is 1.46. The standard InChI is InChI=1S/C21H23N3O7S/c1-15-2-8-19(9-3-15)32(29,30)23-12-10-16(11-13-23)21(26)31-14-20(25)22-17-4-6-18(7-5-17)24(27)28/h2-9,16H,10-14H2,1H3,(H,22,25). The number of aryl methyl sites for hydroxylation is 1. The second-order valence-corrected chi connectivity index (χ2v) is 9.39. The fourth-order valence-electron chi connectivity index (χ4n) is 3.31. The van der Waals surface area contributed by atoms with Gasteiger partial charge in [0.1, 0.15) is 0 Å². The quantitative estimate of drug-likeness (QED) is 0.380. The number of ether oxygens (including phenoxy) is 1. The number of esters is 1. The summed E-state index contributed by atoms with van der Waals surface area (Å²) in [6, 6.07) is 11.9. The van der Waals surface area contributed by atoms with Gasteiger partial charge >= 0.3 is 5.97 Å². The van der Waals surface area contributed by atoms with Gasteiger partial charge in [0.15, 0.2) is 6.61 Å². The van der Waals surface area contributed by atoms with E-state index in [1.807, 2.05) is 6.92 Å². The van der Waals surface area contributed by atoms with E-state index < -0.39 is 39.3 Å². The highest BCUT2D eigenvalue weighted by atomic mass is 32.2. The molecule has 0 radical (unpaired) electrons. The molecule has 0 bridgehead atoms. The van der Waals surface area contributed by atoms with Gasteiger partial charge in [-0.05, 0) is 44.0 Å². The van der Waals surface area contributed by atoms with Gasteiger partial charge in [-0.1, -0.05) is 17.7 Å². The molecule has 1 heterocycles. The number of hydrogen-bond donors (Lipinski definition) is 1. The summed E-state index contributed by atoms with van der Waals surface area (Å²) < 4.78 is 31.9. The largest absolute Gasteiger partial charge is 0.455 e. The van der Waals surface area contributed by atoms with Crippen molar-refractivity contribution in [2.24, 2.45) is 5.92 Å². The zero-order chi connectivity index (χ0) is 23.3. The van der Waals surface area contributed by atoms with E-state index in [-0.39, 0.29) is 23.7 Å². The molecule has 170 valence electrons. The number of hydrogen-bond acceptors (Lipinski definition) is 7. The summed E-state index contributed by atoms with van der Waals surface area (Å²) in [6.07, 6.45) is 0.599. The zero-order valence-electron chi connectivity index (χ0n) is 17.4. The summed E-state index contributed by atoms with van der Waals surface area (Å²) in [5.74, 6) is -1.63. The van der Waals surface area contributed by atoms with Crippen LogP contribution in [0.1, 0.15) is 18.4 Å². The number of nitrogens with one attached hydrogen (secondary N) is 1. The lowest BCUT2D eigenvalue weighted by Crippen LogP contribution is -2.40. The molecule has 11 heteroatoms. The van der Waals surface area contributed by atoms with Crippen molar-refractivity contribution in [3.05, 3.63) is 64.2 Å². The molecule has 1 amide bonds. The lowest BCUT2D eigenvalue weighted by molar-refractivity contribution is -0.384. The molecule has 0 spiro atoms. The molecule has 0 unspecified atom stereocenters. The fourth-order valence-corrected chi connectivity index (χ4v) is 4.78. The Bertz CT molecular complexity index is 1090. The van der Waals surface area contributed by atoms with Crippen LogP contribution in [0.2, 0.25) is 0 Å². The topological polar surface area (TPSA) is 136 Å². The van der Waals surface area contributed by atoms with Crippen molar-refractivity contribution in [3.63, 3.8) is 0 Å². The smallest absolute Gasteiger partial charge is 0.309 e. The molecule has 10 nitrogen and oxygen atoms in total. The second kappa shape index (κ2) is 9.88. The van der Waals surface area contributed by atoms with E-state index in [2.05, 4.69) is 5.32 Å². The van der Waals surface area contributed by atoms with Gasteiger partial charge in [-0.25, -0.2) is 8.42 Å². The number of nitro benzene ring substituents is 1.